The van der Waals surface area contributed by atoms with E-state index in [-0.39, 0.29) is 32.9 Å². The van der Waals surface area contributed by atoms with Crippen molar-refractivity contribution in [3.63, 3.8) is 0 Å². The zero-order chi connectivity index (χ0) is 105. The molecule has 0 radical (unpaired) electrons. The van der Waals surface area contributed by atoms with Gasteiger partial charge in [-0.15, -0.1) is 0 Å². The number of alkyl halides is 3. The van der Waals surface area contributed by atoms with Crippen LogP contribution in [0.25, 0.3) is 9.69 Å². The molecule has 6 aromatic heterocycles. The first kappa shape index (κ1) is 111. The Labute approximate surface area is 828 Å². The average molecular weight is 2150 g/mol. The Hall–Kier alpha value is -10.9. The van der Waals surface area contributed by atoms with Gasteiger partial charge in [-0.1, -0.05) is 66.4 Å². The second-order valence-electron chi connectivity index (χ2n) is 32.0. The minimum atomic E-state index is -4.45. The highest BCUT2D eigenvalue weighted by Crippen LogP contribution is 2.57. The highest BCUT2D eigenvalue weighted by atomic mass is 32.5. The molecule has 784 valence electrons. The molecule has 6 aliphatic rings. The summed E-state index contributed by atoms with van der Waals surface area (Å²) in [4.78, 5) is 176. The summed E-state index contributed by atoms with van der Waals surface area (Å²) < 4.78 is 166. The van der Waals surface area contributed by atoms with E-state index in [0.29, 0.717) is 28.2 Å². The summed E-state index contributed by atoms with van der Waals surface area (Å²) in [5.74, 6) is 1.19. The van der Waals surface area contributed by atoms with Gasteiger partial charge in [-0.25, -0.2) is 55.1 Å². The molecule has 6 fully saturated rings. The number of nitrogens with zero attached hydrogens (tertiary/aromatic N) is 8. The molecule has 61 heteroatoms. The molecule has 0 aliphatic carbocycles. The molecular weight excluding hydrogens is 2060 g/mol. The van der Waals surface area contributed by atoms with Crippen molar-refractivity contribution in [1.29, 1.82) is 0 Å². The molecule has 6 aliphatic heterocycles. The SMILES string of the molecule is CO[C@H]1C(OP([O-])(=S)OC[C@H]2O[C@@H](n3ccc(=O)[nH]c3=O)[C@@H](F)C2O)[C@@H](CO)O[C@H]1n1ccc(=O)[nH]c1=O.[C-]#[N+]CCOP(=S)(OC[C@H]1O[C@@H](n2ccc(=O)[nH]c2=O)[C@@H](F)C1O)OC1[C@@H](CO)O[C@@H](n2ccc(=O)[nH]c2=O)[C@H]1OC.[C-]#[N+]CCOP(=S)(OC[C@H]1O[C@@H](n2ccc(=O)[nH]c2=O)[C@@H](F)C1O)OC1[C@@H](COC(c2ccccc2)(c2ccc(OC)cc2)c2ccc(OC)cc2)O[C@@H](n2ccc(=O)[nH]c2=O)[C@H]1OC. The van der Waals surface area contributed by atoms with Crippen LogP contribution in [0.3, 0.4) is 0 Å². The molecular formula is C84H95F3N14O38P3S3-. The van der Waals surface area contributed by atoms with Crippen LogP contribution >= 0.6 is 20.2 Å². The van der Waals surface area contributed by atoms with Gasteiger partial charge in [-0.05, 0) is 64.6 Å². The molecule has 0 saturated carbocycles. The molecule has 11 N–H and O–H groups in total. The van der Waals surface area contributed by atoms with E-state index in [1.54, 1.807) is 38.5 Å². The van der Waals surface area contributed by atoms with Crippen molar-refractivity contribution < 1.29 is 137 Å². The second-order valence-corrected chi connectivity index (χ2v) is 40.6. The highest BCUT2D eigenvalue weighted by molar-refractivity contribution is 8.08. The van der Waals surface area contributed by atoms with Gasteiger partial charge in [0, 0.05) is 94.9 Å². The Morgan fingerprint density at radius 1 is 0.372 bits per heavy atom. The number of H-pyrrole nitrogens is 6. The first-order valence-corrected chi connectivity index (χ1v) is 51.0. The normalized spacial score (nSPS) is 28.2. The number of ether oxygens (including phenoxy) is 12. The van der Waals surface area contributed by atoms with Crippen LogP contribution < -0.4 is 81.9 Å². The minimum absolute atomic E-state index is 0.134. The van der Waals surface area contributed by atoms with Crippen LogP contribution in [-0.4, -0.2) is 294 Å². The smallest absolute Gasteiger partial charge is 0.330 e. The van der Waals surface area contributed by atoms with E-state index < -0.39 is 274 Å². The van der Waals surface area contributed by atoms with E-state index >= 15 is 4.39 Å². The summed E-state index contributed by atoms with van der Waals surface area (Å²) >= 11 is 16.4. The number of aliphatic hydroxyl groups is 5. The molecule has 145 heavy (non-hydrogen) atoms. The van der Waals surface area contributed by atoms with Crippen LogP contribution in [0, 0.1) is 13.1 Å². The summed E-state index contributed by atoms with van der Waals surface area (Å²) in [5.41, 5.74) is -8.80. The zero-order valence-corrected chi connectivity index (χ0v) is 81.5. The van der Waals surface area contributed by atoms with Gasteiger partial charge in [0.05, 0.1) is 53.9 Å². The Balaban J connectivity index is 0.000000191. The van der Waals surface area contributed by atoms with Crippen LogP contribution in [0.2, 0.25) is 0 Å². The Bertz CT molecular complexity index is 6950. The number of halogens is 3. The number of methoxy groups -OCH3 is 5. The zero-order valence-electron chi connectivity index (χ0n) is 76.3. The first-order chi connectivity index (χ1) is 69.3. The van der Waals surface area contributed by atoms with Crippen molar-refractivity contribution in [2.75, 3.05) is 101 Å². The molecule has 0 amide bonds. The number of aliphatic hydroxyl groups excluding tert-OH is 5. The number of rotatable bonds is 40. The Morgan fingerprint density at radius 3 is 0.938 bits per heavy atom. The molecule has 12 heterocycles. The molecule has 27 atom stereocenters. The molecule has 3 aromatic carbocycles. The Kier molecular flexibility index (Phi) is 37.8. The third kappa shape index (κ3) is 25.7. The van der Waals surface area contributed by atoms with Gasteiger partial charge in [-0.2, -0.15) is 0 Å². The van der Waals surface area contributed by atoms with E-state index in [4.69, 9.17) is 142 Å². The van der Waals surface area contributed by atoms with Gasteiger partial charge >= 0.3 is 47.6 Å². The van der Waals surface area contributed by atoms with E-state index in [9.17, 15) is 96.7 Å². The fourth-order valence-electron chi connectivity index (χ4n) is 16.2. The molecule has 0 spiro atoms. The van der Waals surface area contributed by atoms with Crippen molar-refractivity contribution >= 4 is 55.6 Å². The molecule has 52 nitrogen and oxygen atoms in total. The van der Waals surface area contributed by atoms with E-state index in [2.05, 4.69) is 19.7 Å². The molecule has 9 aromatic rings. The van der Waals surface area contributed by atoms with Crippen LogP contribution in [-0.2, 0) is 125 Å². The van der Waals surface area contributed by atoms with E-state index in [1.807, 2.05) is 74.5 Å². The maximum Gasteiger partial charge on any atom is 0.330 e. The first-order valence-electron chi connectivity index (χ1n) is 43.3. The summed E-state index contributed by atoms with van der Waals surface area (Å²) in [6.07, 6.45) is -28.8. The highest BCUT2D eigenvalue weighted by Gasteiger charge is 2.56. The number of hydrogen-bond donors (Lipinski definition) is 11. The molecule has 15 rings (SSSR count). The Morgan fingerprint density at radius 2 is 0.648 bits per heavy atom. The number of hydrogen-bond acceptors (Lipinski definition) is 41. The largest absolute Gasteiger partial charge is 0.780 e. The lowest BCUT2D eigenvalue weighted by Crippen LogP contribution is -2.42. The number of nitrogens with one attached hydrogen (secondary N) is 6. The average Bonchev–Trinajstić information content (AvgIpc) is 1.51. The quantitative estimate of drug-likeness (QED) is 0.00849. The number of aromatic nitrogens is 12. The number of benzene rings is 3. The van der Waals surface area contributed by atoms with Crippen LogP contribution in [0.1, 0.15) is 54.1 Å². The van der Waals surface area contributed by atoms with Crippen LogP contribution in [0.4, 0.5) is 13.2 Å². The van der Waals surface area contributed by atoms with Crippen LogP contribution in [0.5, 0.6) is 11.5 Å². The third-order valence-corrected chi connectivity index (χ3v) is 29.4. The lowest BCUT2D eigenvalue weighted by atomic mass is 9.80. The maximum absolute atomic E-state index is 15.5. The van der Waals surface area contributed by atoms with Gasteiger partial charge in [0.25, 0.3) is 33.4 Å². The topological polar surface area (TPSA) is 647 Å². The lowest BCUT2D eigenvalue weighted by Gasteiger charge is -2.37. The van der Waals surface area contributed by atoms with Crippen LogP contribution in [0.15, 0.2) is 210 Å². The van der Waals surface area contributed by atoms with E-state index in [0.717, 1.165) is 88.6 Å². The lowest BCUT2D eigenvalue weighted by molar-refractivity contribution is -0.218. The standard InChI is InChI=1S/C43H45FN5O14PS.C22H27FN5O12PS.C19H24FN4O12PS/c1-45-20-23-59-64(65,60-25-31-36(52)35(44)39(61-31)48-21-18-33(50)46-41(48)53)63-37-32(62-40(38(37)57-4)49-22-19-34(51)47-42(49)54)24-58-43(26-8-6-5-7-9-26,27-10-14-29(55-2)15-11-27)28-12-16-30(56-3)17-13-28;1-24-5-8-36-41(42,37-10-12-16(32)15(23)19(39-12)27-6-3-13(30)25-21(27)33)40-17-11(9-29)38-20(18(17)35-2)28-7-4-14(31)26-22(28)34;1-32-15-14(8(6-25)34-17(15)24-5-3-11(27)22-19(24)30)36-37(31,38)33-7-9-13(28)12(20)16(35-9)23-4-2-10(26)21-18(23)29/h5-19,21-22,31-32,35-40,52H,20,23-25H2,2-4H3,(H,46,50,53)(H,47,51,54);3-4,6-7,11-12,15-20,29,32H,5,8-10H2,2H3,(H,25,30,33)(H,26,31,34);2-5,8-9,12-17,25,28H,6-7H2,1H3,(H,31,38)(H,21,26,29)(H,22,27,30)/p-1/t31-,32-,35+,36?,37?,38+,39-,40-,64?;11-,12-,15+,16?,17?,18+,19-,20-,41?;8-,9-,12+,13?,14?,15+,16-,17-,37?/m111/s1. The third-order valence-electron chi connectivity index (χ3n) is 23.2. The summed E-state index contributed by atoms with van der Waals surface area (Å²) in [6, 6.07) is 30.2. The van der Waals surface area contributed by atoms with Gasteiger partial charge < -0.3 is 124 Å². The van der Waals surface area contributed by atoms with Crippen molar-refractivity contribution in [1.82, 2.24) is 57.3 Å². The molecule has 0 bridgehead atoms. The van der Waals surface area contributed by atoms with Gasteiger partial charge in [-0.3, -0.25) is 95.1 Å². The van der Waals surface area contributed by atoms with E-state index in [1.165, 1.54) is 33.7 Å². The van der Waals surface area contributed by atoms with Crippen molar-refractivity contribution in [2.45, 2.75) is 153 Å². The van der Waals surface area contributed by atoms with Gasteiger partial charge in [0.2, 0.25) is 13.1 Å². The van der Waals surface area contributed by atoms with Crippen molar-refractivity contribution in [3.05, 3.63) is 317 Å². The fourth-order valence-corrected chi connectivity index (χ4v) is 21.8. The number of aromatic amines is 6. The molecule has 6 saturated heterocycles. The van der Waals surface area contributed by atoms with Gasteiger partial charge in [0.1, 0.15) is 129 Å². The predicted molar refractivity (Wildman–Crippen MR) is 499 cm³/mol. The predicted octanol–water partition coefficient (Wildman–Crippen LogP) is -2.09. The second kappa shape index (κ2) is 49.3. The summed E-state index contributed by atoms with van der Waals surface area (Å²) in [6.45, 7) is -2.49. The monoisotopic (exact) mass is 2150 g/mol. The van der Waals surface area contributed by atoms with Gasteiger partial charge in [0.15, 0.2) is 55.9 Å². The summed E-state index contributed by atoms with van der Waals surface area (Å²) in [5, 5.41) is 51.3. The minimum Gasteiger partial charge on any atom is -0.780 e. The molecule has 9 unspecified atom stereocenters. The van der Waals surface area contributed by atoms with Crippen molar-refractivity contribution in [2.24, 2.45) is 0 Å². The summed E-state index contributed by atoms with van der Waals surface area (Å²) in [7, 11) is 6.96. The van der Waals surface area contributed by atoms with Crippen molar-refractivity contribution in [3.8, 4) is 11.5 Å². The maximum atomic E-state index is 15.5. The fraction of sp³-hybridized carbons (Fsp3) is 0.476.